The zero-order chi connectivity index (χ0) is 5.54. The minimum Gasteiger partial charge on any atom is -0.385 e. The zero-order valence-corrected chi connectivity index (χ0v) is 5.28. The first-order valence-corrected chi connectivity index (χ1v) is 2.53. The first kappa shape index (κ1) is 7.27. The van der Waals surface area contributed by atoms with Crippen molar-refractivity contribution in [1.29, 1.82) is 0 Å². The molecular weight excluding hydrogens is 112 g/mol. The molecule has 0 unspecified atom stereocenters. The summed E-state index contributed by atoms with van der Waals surface area (Å²) in [5, 5.41) is 0. The lowest BCUT2D eigenvalue weighted by Gasteiger charge is -1.93. The smallest absolute Gasteiger partial charge is 0.0632 e. The van der Waals surface area contributed by atoms with Crippen LogP contribution in [0.15, 0.2) is 0 Å². The van der Waals surface area contributed by atoms with Crippen LogP contribution in [-0.2, 0) is 8.92 Å². The summed E-state index contributed by atoms with van der Waals surface area (Å²) in [5.41, 5.74) is 0. The summed E-state index contributed by atoms with van der Waals surface area (Å²) in [6, 6.07) is 0. The van der Waals surface area contributed by atoms with E-state index >= 15 is 0 Å². The van der Waals surface area contributed by atoms with Gasteiger partial charge in [0.15, 0.2) is 0 Å². The molecule has 0 fully saturated rings. The molecule has 0 saturated heterocycles. The summed E-state index contributed by atoms with van der Waals surface area (Å²) in [5.74, 6) is 0. The van der Waals surface area contributed by atoms with Crippen molar-refractivity contribution in [3.05, 3.63) is 0 Å². The maximum absolute atomic E-state index is 4.73. The van der Waals surface area contributed by atoms with Gasteiger partial charge in [0.2, 0.25) is 0 Å². The molecule has 0 heterocycles. The molecule has 0 aromatic carbocycles. The van der Waals surface area contributed by atoms with Crippen molar-refractivity contribution in [2.24, 2.45) is 0 Å². The van der Waals surface area contributed by atoms with Crippen LogP contribution >= 0.6 is 12.9 Å². The van der Waals surface area contributed by atoms with Crippen LogP contribution in [0, 0.1) is 0 Å². The van der Waals surface area contributed by atoms with Crippen molar-refractivity contribution < 1.29 is 8.92 Å². The third-order valence-electron chi connectivity index (χ3n) is 0.584. The van der Waals surface area contributed by atoms with Gasteiger partial charge in [-0.3, -0.25) is 0 Å². The first-order valence-electron chi connectivity index (χ1n) is 2.17. The number of thiol groups is 1. The quantitative estimate of drug-likeness (QED) is 0.339. The van der Waals surface area contributed by atoms with Crippen LogP contribution in [0.25, 0.3) is 0 Å². The highest BCUT2D eigenvalue weighted by Gasteiger charge is 1.80. The molecule has 0 aromatic rings. The van der Waals surface area contributed by atoms with Gasteiger partial charge in [-0.15, -0.1) is 0 Å². The molecule has 0 saturated carbocycles. The van der Waals surface area contributed by atoms with Gasteiger partial charge >= 0.3 is 0 Å². The Kier molecular flexibility index (Phi) is 6.51. The van der Waals surface area contributed by atoms with Gasteiger partial charge in [-0.2, -0.15) is 0 Å². The van der Waals surface area contributed by atoms with E-state index in [1.54, 1.807) is 7.11 Å². The Balaban J connectivity index is 2.45. The molecule has 7 heavy (non-hydrogen) atoms. The second kappa shape index (κ2) is 6.27. The van der Waals surface area contributed by atoms with Crippen LogP contribution in [0.2, 0.25) is 0 Å². The Hall–Kier alpha value is 0.270. The van der Waals surface area contributed by atoms with E-state index < -0.39 is 0 Å². The molecule has 3 heteroatoms. The highest BCUT2D eigenvalue weighted by Crippen LogP contribution is 1.83. The Morgan fingerprint density at radius 1 is 1.43 bits per heavy atom. The summed E-state index contributed by atoms with van der Waals surface area (Å²) in [6.07, 6.45) is 0.917. The zero-order valence-electron chi connectivity index (χ0n) is 4.39. The summed E-state index contributed by atoms with van der Waals surface area (Å²) in [7, 11) is 1.67. The van der Waals surface area contributed by atoms with Gasteiger partial charge in [0.1, 0.15) is 0 Å². The van der Waals surface area contributed by atoms with E-state index in [0.29, 0.717) is 6.61 Å². The normalized spacial score (nSPS) is 9.43. The fourth-order valence-corrected chi connectivity index (χ4v) is 0.397. The largest absolute Gasteiger partial charge is 0.385 e. The van der Waals surface area contributed by atoms with Gasteiger partial charge < -0.3 is 8.92 Å². The number of methoxy groups -OCH3 is 1. The number of rotatable bonds is 4. The second-order valence-corrected chi connectivity index (χ2v) is 1.44. The van der Waals surface area contributed by atoms with Crippen LogP contribution in [-0.4, -0.2) is 20.3 Å². The maximum Gasteiger partial charge on any atom is 0.0632 e. The second-order valence-electron chi connectivity index (χ2n) is 1.18. The first-order chi connectivity index (χ1) is 3.41. The average molecular weight is 122 g/mol. The minimum absolute atomic E-state index is 0.664. The van der Waals surface area contributed by atoms with E-state index in [-0.39, 0.29) is 0 Å². The van der Waals surface area contributed by atoms with Crippen LogP contribution in [0.1, 0.15) is 6.42 Å². The average Bonchev–Trinajstić information content (AvgIpc) is 1.69. The van der Waals surface area contributed by atoms with E-state index in [0.717, 1.165) is 13.0 Å². The molecule has 0 rings (SSSR count). The van der Waals surface area contributed by atoms with Crippen LogP contribution in [0.4, 0.5) is 0 Å². The molecule has 0 bridgehead atoms. The molecule has 0 radical (unpaired) electrons. The van der Waals surface area contributed by atoms with E-state index in [9.17, 15) is 0 Å². The Bertz CT molecular complexity index is 28.9. The van der Waals surface area contributed by atoms with Crippen molar-refractivity contribution in [2.45, 2.75) is 6.42 Å². The number of ether oxygens (including phenoxy) is 1. The number of hydrogen-bond donors (Lipinski definition) is 1. The van der Waals surface area contributed by atoms with Crippen LogP contribution in [0.3, 0.4) is 0 Å². The van der Waals surface area contributed by atoms with Crippen molar-refractivity contribution in [3.63, 3.8) is 0 Å². The fraction of sp³-hybridized carbons (Fsp3) is 1.00. The lowest BCUT2D eigenvalue weighted by atomic mass is 10.5. The highest BCUT2D eigenvalue weighted by molar-refractivity contribution is 7.75. The SMILES string of the molecule is COCCCOS. The van der Waals surface area contributed by atoms with Crippen molar-refractivity contribution >= 4 is 12.9 Å². The number of hydrogen-bond acceptors (Lipinski definition) is 3. The topological polar surface area (TPSA) is 18.5 Å². The standard InChI is InChI=1S/C4H10O2S/c1-5-3-2-4-6-7/h7H,2-4H2,1H3. The van der Waals surface area contributed by atoms with Crippen molar-refractivity contribution in [1.82, 2.24) is 0 Å². The molecule has 0 atom stereocenters. The molecule has 44 valence electrons. The third kappa shape index (κ3) is 6.27. The lowest BCUT2D eigenvalue weighted by Crippen LogP contribution is -1.92. The fourth-order valence-electron chi connectivity index (χ4n) is 0.268. The van der Waals surface area contributed by atoms with Gasteiger partial charge in [-0.05, 0) is 19.3 Å². The van der Waals surface area contributed by atoms with E-state index in [2.05, 4.69) is 17.1 Å². The Labute approximate surface area is 49.4 Å². The lowest BCUT2D eigenvalue weighted by molar-refractivity contribution is 0.178. The van der Waals surface area contributed by atoms with Gasteiger partial charge in [-0.25, -0.2) is 0 Å². The molecule has 0 spiro atoms. The third-order valence-corrected chi connectivity index (χ3v) is 0.767. The molecule has 2 nitrogen and oxygen atoms in total. The summed E-state index contributed by atoms with van der Waals surface area (Å²) in [4.78, 5) is 0. The van der Waals surface area contributed by atoms with Gasteiger partial charge in [0.25, 0.3) is 0 Å². The van der Waals surface area contributed by atoms with Crippen LogP contribution in [0.5, 0.6) is 0 Å². The molecule has 0 aliphatic carbocycles. The highest BCUT2D eigenvalue weighted by atomic mass is 32.1. The van der Waals surface area contributed by atoms with Crippen LogP contribution < -0.4 is 0 Å². The van der Waals surface area contributed by atoms with E-state index in [4.69, 9.17) is 4.74 Å². The molecule has 0 amide bonds. The predicted octanol–water partition coefficient (Wildman–Crippen LogP) is 0.884. The van der Waals surface area contributed by atoms with Gasteiger partial charge in [-0.1, -0.05) is 0 Å². The Morgan fingerprint density at radius 3 is 2.57 bits per heavy atom. The van der Waals surface area contributed by atoms with E-state index in [1.165, 1.54) is 0 Å². The summed E-state index contributed by atoms with van der Waals surface area (Å²) < 4.78 is 9.19. The summed E-state index contributed by atoms with van der Waals surface area (Å²) >= 11 is 3.54. The van der Waals surface area contributed by atoms with Crippen molar-refractivity contribution in [2.75, 3.05) is 20.3 Å². The summed E-state index contributed by atoms with van der Waals surface area (Å²) in [6.45, 7) is 1.41. The van der Waals surface area contributed by atoms with Gasteiger partial charge in [0.05, 0.1) is 6.61 Å². The predicted molar refractivity (Wildman–Crippen MR) is 31.4 cm³/mol. The Morgan fingerprint density at radius 2 is 2.14 bits per heavy atom. The van der Waals surface area contributed by atoms with Crippen molar-refractivity contribution in [3.8, 4) is 0 Å². The monoisotopic (exact) mass is 122 g/mol. The molecule has 0 aliphatic rings. The maximum atomic E-state index is 4.73. The van der Waals surface area contributed by atoms with Gasteiger partial charge in [0, 0.05) is 13.7 Å². The molecular formula is C4H10O2S. The minimum atomic E-state index is 0.664. The molecule has 0 aromatic heterocycles. The molecule has 0 N–H and O–H groups in total. The molecule has 0 aliphatic heterocycles. The van der Waals surface area contributed by atoms with E-state index in [1.807, 2.05) is 0 Å².